The molecule has 0 spiro atoms. The second-order valence-electron chi connectivity index (χ2n) is 7.10. The highest BCUT2D eigenvalue weighted by atomic mass is 32.1. The summed E-state index contributed by atoms with van der Waals surface area (Å²) in [5, 5.41) is 3.99. The molecule has 0 radical (unpaired) electrons. The fourth-order valence-electron chi connectivity index (χ4n) is 3.48. The number of thiocarbonyl (C=S) groups is 1. The summed E-state index contributed by atoms with van der Waals surface area (Å²) in [5.74, 6) is -0.337. The number of methoxy groups -OCH3 is 1. The number of rotatable bonds is 5. The molecule has 3 rings (SSSR count). The number of carbonyl (C=O) groups is 1. The number of nitrogens with one attached hydrogen (secondary N) is 1. The van der Waals surface area contributed by atoms with Crippen molar-refractivity contribution in [3.8, 4) is 0 Å². The quantitative estimate of drug-likeness (QED) is 0.615. The van der Waals surface area contributed by atoms with Crippen molar-refractivity contribution in [2.45, 2.75) is 20.4 Å². The highest BCUT2D eigenvalue weighted by Crippen LogP contribution is 2.13. The molecule has 0 saturated carbocycles. The third-order valence-corrected chi connectivity index (χ3v) is 5.63. The van der Waals surface area contributed by atoms with Crippen LogP contribution in [0.15, 0.2) is 36.4 Å². The van der Waals surface area contributed by atoms with Crippen LogP contribution in [0.5, 0.6) is 0 Å². The third kappa shape index (κ3) is 4.91. The van der Waals surface area contributed by atoms with Crippen LogP contribution in [0.3, 0.4) is 0 Å². The molecular formula is C21H28N4O2S. The minimum Gasteiger partial charge on any atom is -0.465 e. The van der Waals surface area contributed by atoms with Gasteiger partial charge in [-0.25, -0.2) is 4.79 Å². The van der Waals surface area contributed by atoms with Gasteiger partial charge >= 0.3 is 5.97 Å². The maximum absolute atomic E-state index is 11.5. The lowest BCUT2D eigenvalue weighted by Crippen LogP contribution is -2.50. The molecule has 0 unspecified atom stereocenters. The van der Waals surface area contributed by atoms with Gasteiger partial charge in [-0.1, -0.05) is 0 Å². The van der Waals surface area contributed by atoms with E-state index in [0.717, 1.165) is 50.1 Å². The number of ether oxygens (including phenoxy) is 1. The van der Waals surface area contributed by atoms with Gasteiger partial charge in [-0.3, -0.25) is 4.90 Å². The Bertz CT molecular complexity index is 804. The Hall–Kier alpha value is -2.38. The number of anilines is 1. The monoisotopic (exact) mass is 400 g/mol. The average Bonchev–Trinajstić information content (AvgIpc) is 3.04. The van der Waals surface area contributed by atoms with E-state index < -0.39 is 0 Å². The van der Waals surface area contributed by atoms with Gasteiger partial charge in [0.1, 0.15) is 0 Å². The van der Waals surface area contributed by atoms with E-state index in [9.17, 15) is 4.79 Å². The molecule has 28 heavy (non-hydrogen) atoms. The Labute approximate surface area is 172 Å². The van der Waals surface area contributed by atoms with E-state index in [2.05, 4.69) is 45.7 Å². The summed E-state index contributed by atoms with van der Waals surface area (Å²) in [6.45, 7) is 10.2. The molecule has 1 N–H and O–H groups in total. The molecule has 0 bridgehead atoms. The third-order valence-electron chi connectivity index (χ3n) is 5.27. The molecule has 1 aliphatic rings. The molecule has 1 saturated heterocycles. The summed E-state index contributed by atoms with van der Waals surface area (Å²) in [7, 11) is 1.38. The number of hydrogen-bond donors (Lipinski definition) is 1. The van der Waals surface area contributed by atoms with Gasteiger partial charge in [0.05, 0.1) is 12.7 Å². The summed E-state index contributed by atoms with van der Waals surface area (Å²) in [6.07, 6.45) is 0. The van der Waals surface area contributed by atoms with Crippen molar-refractivity contribution >= 4 is 29.0 Å². The topological polar surface area (TPSA) is 49.7 Å². The molecule has 6 nitrogen and oxygen atoms in total. The second-order valence-corrected chi connectivity index (χ2v) is 7.48. The molecule has 2 aromatic rings. The van der Waals surface area contributed by atoms with Crippen LogP contribution in [0.2, 0.25) is 0 Å². The van der Waals surface area contributed by atoms with Crippen LogP contribution < -0.4 is 5.32 Å². The molecule has 2 heterocycles. The zero-order valence-corrected chi connectivity index (χ0v) is 17.6. The summed E-state index contributed by atoms with van der Waals surface area (Å²) in [4.78, 5) is 16.2. The fraction of sp³-hybridized carbons (Fsp3) is 0.429. The minimum absolute atomic E-state index is 0.337. The number of esters is 1. The molecular weight excluding hydrogens is 372 g/mol. The van der Waals surface area contributed by atoms with Crippen LogP contribution in [-0.4, -0.2) is 65.3 Å². The fourth-order valence-corrected chi connectivity index (χ4v) is 3.78. The number of hydrogen-bond acceptors (Lipinski definition) is 4. The molecule has 0 atom stereocenters. The molecule has 1 aromatic heterocycles. The Balaban J connectivity index is 1.45. The maximum Gasteiger partial charge on any atom is 0.337 e. The maximum atomic E-state index is 11.5. The minimum atomic E-state index is -0.337. The van der Waals surface area contributed by atoms with Gasteiger partial charge in [0.25, 0.3) is 0 Å². The number of piperazine rings is 1. The van der Waals surface area contributed by atoms with E-state index in [4.69, 9.17) is 17.0 Å². The molecule has 150 valence electrons. The van der Waals surface area contributed by atoms with Crippen molar-refractivity contribution in [1.82, 2.24) is 14.4 Å². The normalized spacial score (nSPS) is 14.8. The van der Waals surface area contributed by atoms with E-state index in [-0.39, 0.29) is 5.97 Å². The van der Waals surface area contributed by atoms with Gasteiger partial charge in [0.15, 0.2) is 5.11 Å². The van der Waals surface area contributed by atoms with Crippen molar-refractivity contribution in [2.24, 2.45) is 0 Å². The first kappa shape index (κ1) is 20.4. The summed E-state index contributed by atoms with van der Waals surface area (Å²) in [5.41, 5.74) is 4.04. The zero-order chi connectivity index (χ0) is 20.1. The summed E-state index contributed by atoms with van der Waals surface area (Å²) in [6, 6.07) is 11.5. The van der Waals surface area contributed by atoms with Crippen molar-refractivity contribution in [1.29, 1.82) is 0 Å². The van der Waals surface area contributed by atoms with Gasteiger partial charge in [-0.05, 0) is 62.5 Å². The van der Waals surface area contributed by atoms with E-state index in [1.54, 1.807) is 12.1 Å². The Kier molecular flexibility index (Phi) is 6.70. The predicted molar refractivity (Wildman–Crippen MR) is 116 cm³/mol. The highest BCUT2D eigenvalue weighted by molar-refractivity contribution is 7.80. The van der Waals surface area contributed by atoms with Crippen molar-refractivity contribution in [3.63, 3.8) is 0 Å². The number of benzene rings is 1. The Morgan fingerprint density at radius 2 is 1.61 bits per heavy atom. The van der Waals surface area contributed by atoms with Gasteiger partial charge < -0.3 is 19.5 Å². The molecule has 7 heteroatoms. The van der Waals surface area contributed by atoms with Crippen LogP contribution in [0.25, 0.3) is 0 Å². The van der Waals surface area contributed by atoms with E-state index in [1.807, 2.05) is 12.1 Å². The standard InChI is InChI=1S/C21H28N4O2S/c1-16-4-5-17(2)25(16)15-12-23-10-13-24(14-11-23)21(28)22-19-8-6-18(7-9-19)20(26)27-3/h4-9H,10-15H2,1-3H3,(H,22,28). The number of aryl methyl sites for hydroxylation is 2. The van der Waals surface area contributed by atoms with Crippen LogP contribution in [-0.2, 0) is 11.3 Å². The van der Waals surface area contributed by atoms with Crippen LogP contribution in [0.4, 0.5) is 5.69 Å². The Morgan fingerprint density at radius 1 is 1.00 bits per heavy atom. The van der Waals surface area contributed by atoms with E-state index >= 15 is 0 Å². The summed E-state index contributed by atoms with van der Waals surface area (Å²) < 4.78 is 7.09. The lowest BCUT2D eigenvalue weighted by molar-refractivity contribution is 0.0601. The predicted octanol–water partition coefficient (Wildman–Crippen LogP) is 2.91. The Morgan fingerprint density at radius 3 is 2.18 bits per heavy atom. The first-order valence-electron chi connectivity index (χ1n) is 9.57. The first-order valence-corrected chi connectivity index (χ1v) is 9.98. The first-order chi connectivity index (χ1) is 13.5. The largest absolute Gasteiger partial charge is 0.465 e. The van der Waals surface area contributed by atoms with Gasteiger partial charge in [-0.2, -0.15) is 0 Å². The molecule has 0 amide bonds. The number of aromatic nitrogens is 1. The molecule has 1 fully saturated rings. The smallest absolute Gasteiger partial charge is 0.337 e. The van der Waals surface area contributed by atoms with E-state index in [0.29, 0.717) is 5.56 Å². The van der Waals surface area contributed by atoms with Gasteiger partial charge in [0.2, 0.25) is 0 Å². The highest BCUT2D eigenvalue weighted by Gasteiger charge is 2.19. The van der Waals surface area contributed by atoms with Gasteiger partial charge in [0, 0.05) is 56.3 Å². The summed E-state index contributed by atoms with van der Waals surface area (Å²) >= 11 is 5.57. The average molecular weight is 401 g/mol. The van der Waals surface area contributed by atoms with E-state index in [1.165, 1.54) is 18.5 Å². The number of nitrogens with zero attached hydrogens (tertiary/aromatic N) is 3. The van der Waals surface area contributed by atoms with Crippen molar-refractivity contribution < 1.29 is 9.53 Å². The molecule has 0 aliphatic carbocycles. The second kappa shape index (κ2) is 9.21. The van der Waals surface area contributed by atoms with Crippen LogP contribution in [0, 0.1) is 13.8 Å². The molecule has 1 aliphatic heterocycles. The van der Waals surface area contributed by atoms with Crippen LogP contribution in [0.1, 0.15) is 21.7 Å². The zero-order valence-electron chi connectivity index (χ0n) is 16.8. The number of carbonyl (C=O) groups excluding carboxylic acids is 1. The molecule has 1 aromatic carbocycles. The van der Waals surface area contributed by atoms with Crippen molar-refractivity contribution in [2.75, 3.05) is 45.2 Å². The van der Waals surface area contributed by atoms with Crippen LogP contribution >= 0.6 is 12.2 Å². The van der Waals surface area contributed by atoms with Crippen molar-refractivity contribution in [3.05, 3.63) is 53.3 Å². The van der Waals surface area contributed by atoms with Gasteiger partial charge in [-0.15, -0.1) is 0 Å². The SMILES string of the molecule is COC(=O)c1ccc(NC(=S)N2CCN(CCn3c(C)ccc3C)CC2)cc1. The lowest BCUT2D eigenvalue weighted by atomic mass is 10.2. The lowest BCUT2D eigenvalue weighted by Gasteiger charge is -2.36.